The van der Waals surface area contributed by atoms with Crippen molar-refractivity contribution < 1.29 is 14.9 Å². The second-order valence-corrected chi connectivity index (χ2v) is 9.69. The van der Waals surface area contributed by atoms with E-state index in [2.05, 4.69) is 41.5 Å². The predicted octanol–water partition coefficient (Wildman–Crippen LogP) is 3.26. The Morgan fingerprint density at radius 1 is 1.00 bits per heavy atom. The van der Waals surface area contributed by atoms with Gasteiger partial charge in [0, 0.05) is 29.1 Å². The lowest BCUT2D eigenvalue weighted by Gasteiger charge is -2.16. The quantitative estimate of drug-likeness (QED) is 0.260. The van der Waals surface area contributed by atoms with Crippen LogP contribution in [0.25, 0.3) is 11.2 Å². The number of fused-ring (bicyclic) bond motifs is 1. The summed E-state index contributed by atoms with van der Waals surface area (Å²) in [5, 5.41) is 28.5. The van der Waals surface area contributed by atoms with Crippen molar-refractivity contribution in [2.75, 3.05) is 11.9 Å². The van der Waals surface area contributed by atoms with Crippen LogP contribution >= 0.6 is 27.5 Å². The van der Waals surface area contributed by atoms with Crippen LogP contribution in [0.1, 0.15) is 17.4 Å². The van der Waals surface area contributed by atoms with E-state index < -0.39 is 24.5 Å². The highest BCUT2D eigenvalue weighted by molar-refractivity contribution is 9.10. The molecule has 4 atom stereocenters. The van der Waals surface area contributed by atoms with Crippen molar-refractivity contribution in [3.05, 3.63) is 81.8 Å². The van der Waals surface area contributed by atoms with E-state index in [-0.39, 0.29) is 0 Å². The number of benzene rings is 2. The zero-order valence-electron chi connectivity index (χ0n) is 18.6. The van der Waals surface area contributed by atoms with Gasteiger partial charge in [0.15, 0.2) is 23.2 Å². The Bertz CT molecular complexity index is 1300. The Kier molecular flexibility index (Phi) is 7.28. The summed E-state index contributed by atoms with van der Waals surface area (Å²) < 4.78 is 8.68. The summed E-state index contributed by atoms with van der Waals surface area (Å²) in [6, 6.07) is 15.5. The highest BCUT2D eigenvalue weighted by atomic mass is 79.9. The number of aromatic nitrogens is 4. The molecule has 2 aromatic heterocycles. The number of imidazole rings is 1. The van der Waals surface area contributed by atoms with Crippen LogP contribution in [0, 0.1) is 0 Å². The number of aliphatic hydroxyl groups excluding tert-OH is 2. The molecule has 1 aliphatic heterocycles. The van der Waals surface area contributed by atoms with E-state index in [1.54, 1.807) is 10.9 Å². The third kappa shape index (κ3) is 5.32. The number of aliphatic hydroxyl groups is 2. The van der Waals surface area contributed by atoms with Gasteiger partial charge in [0.1, 0.15) is 24.6 Å². The van der Waals surface area contributed by atoms with Crippen molar-refractivity contribution in [3.8, 4) is 0 Å². The molecule has 2 aromatic carbocycles. The average molecular weight is 560 g/mol. The van der Waals surface area contributed by atoms with Gasteiger partial charge in [-0.05, 0) is 35.4 Å². The van der Waals surface area contributed by atoms with Crippen LogP contribution in [0.2, 0.25) is 5.02 Å². The van der Waals surface area contributed by atoms with E-state index in [0.717, 1.165) is 15.6 Å². The Morgan fingerprint density at radius 3 is 2.63 bits per heavy atom. The summed E-state index contributed by atoms with van der Waals surface area (Å²) in [6.45, 7) is 1.50. The largest absolute Gasteiger partial charge is 0.387 e. The maximum Gasteiger partial charge on any atom is 0.167 e. The highest BCUT2D eigenvalue weighted by Crippen LogP contribution is 2.32. The standard InChI is InChI=1S/C24H24BrClN6O3/c25-16-6-4-14(5-7-16)9-27-11-18-20(33)21(34)24(35-18)32-13-31-19-22(29-12-30-23(19)32)28-10-15-2-1-3-17(26)8-15/h1-8,12-13,18,20-21,24,27,33-34H,9-11H2,(H,28,29,30)/t18-,20-,21-,24-/m1/s1. The van der Waals surface area contributed by atoms with E-state index in [9.17, 15) is 10.2 Å². The van der Waals surface area contributed by atoms with E-state index in [0.29, 0.717) is 41.6 Å². The van der Waals surface area contributed by atoms with Gasteiger partial charge in [-0.2, -0.15) is 0 Å². The molecule has 0 spiro atoms. The number of hydrogen-bond donors (Lipinski definition) is 4. The second-order valence-electron chi connectivity index (χ2n) is 8.33. The third-order valence-corrected chi connectivity index (χ3v) is 6.67. The molecule has 11 heteroatoms. The summed E-state index contributed by atoms with van der Waals surface area (Å²) in [6.07, 6.45) is -0.644. The van der Waals surface area contributed by atoms with Gasteiger partial charge in [-0.3, -0.25) is 4.57 Å². The molecular formula is C24H24BrClN6O3. The van der Waals surface area contributed by atoms with E-state index in [1.165, 1.54) is 6.33 Å². The Labute approximate surface area is 215 Å². The van der Waals surface area contributed by atoms with Crippen molar-refractivity contribution in [1.29, 1.82) is 0 Å². The maximum atomic E-state index is 10.7. The highest BCUT2D eigenvalue weighted by Gasteiger charge is 2.44. The van der Waals surface area contributed by atoms with Crippen molar-refractivity contribution in [3.63, 3.8) is 0 Å². The van der Waals surface area contributed by atoms with Gasteiger partial charge < -0.3 is 25.6 Å². The number of nitrogens with zero attached hydrogens (tertiary/aromatic N) is 4. The number of anilines is 1. The van der Waals surface area contributed by atoms with Crippen LogP contribution in [-0.2, 0) is 17.8 Å². The summed E-state index contributed by atoms with van der Waals surface area (Å²) >= 11 is 9.49. The zero-order valence-corrected chi connectivity index (χ0v) is 20.9. The van der Waals surface area contributed by atoms with Crippen LogP contribution < -0.4 is 10.6 Å². The van der Waals surface area contributed by atoms with Crippen LogP contribution in [0.4, 0.5) is 5.82 Å². The normalized spacial score (nSPS) is 22.1. The molecule has 5 rings (SSSR count). The number of rotatable bonds is 8. The minimum absolute atomic E-state index is 0.374. The Hall–Kier alpha value is -2.60. The first kappa shape index (κ1) is 24.1. The summed E-state index contributed by atoms with van der Waals surface area (Å²) in [5.41, 5.74) is 3.14. The monoisotopic (exact) mass is 558 g/mol. The SMILES string of the molecule is O[C@@H]1[C@H](O)[C@@H](CNCc2ccc(Br)cc2)O[C@H]1n1cnc2c(NCc3cccc(Cl)c3)ncnc21. The van der Waals surface area contributed by atoms with Crippen LogP contribution in [0.3, 0.4) is 0 Å². The first-order chi connectivity index (χ1) is 17.0. The third-order valence-electron chi connectivity index (χ3n) is 5.91. The number of nitrogens with one attached hydrogen (secondary N) is 2. The van der Waals surface area contributed by atoms with Gasteiger partial charge in [-0.25, -0.2) is 15.0 Å². The predicted molar refractivity (Wildman–Crippen MR) is 136 cm³/mol. The molecule has 182 valence electrons. The lowest BCUT2D eigenvalue weighted by atomic mass is 10.1. The molecule has 0 amide bonds. The molecule has 4 N–H and O–H groups in total. The van der Waals surface area contributed by atoms with Crippen LogP contribution in [-0.4, -0.2) is 54.6 Å². The summed E-state index contributed by atoms with van der Waals surface area (Å²) in [5.74, 6) is 0.550. The molecule has 0 bridgehead atoms. The zero-order chi connectivity index (χ0) is 24.4. The summed E-state index contributed by atoms with van der Waals surface area (Å²) in [7, 11) is 0. The van der Waals surface area contributed by atoms with Gasteiger partial charge in [0.25, 0.3) is 0 Å². The fourth-order valence-corrected chi connectivity index (χ4v) is 4.57. The van der Waals surface area contributed by atoms with Crippen molar-refractivity contribution in [2.45, 2.75) is 37.6 Å². The van der Waals surface area contributed by atoms with Crippen LogP contribution in [0.15, 0.2) is 65.7 Å². The molecule has 0 saturated carbocycles. The lowest BCUT2D eigenvalue weighted by Crippen LogP contribution is -2.37. The Morgan fingerprint density at radius 2 is 1.83 bits per heavy atom. The topological polar surface area (TPSA) is 117 Å². The molecule has 0 aliphatic carbocycles. The van der Waals surface area contributed by atoms with Crippen molar-refractivity contribution in [1.82, 2.24) is 24.8 Å². The molecule has 35 heavy (non-hydrogen) atoms. The molecule has 1 saturated heterocycles. The average Bonchev–Trinajstić information content (AvgIpc) is 3.41. The molecule has 4 aromatic rings. The van der Waals surface area contributed by atoms with E-state index in [1.807, 2.05) is 48.5 Å². The molecule has 1 aliphatic rings. The minimum Gasteiger partial charge on any atom is -0.387 e. The van der Waals surface area contributed by atoms with Crippen molar-refractivity contribution >= 4 is 44.5 Å². The number of ether oxygens (including phenoxy) is 1. The fraction of sp³-hybridized carbons (Fsp3) is 0.292. The fourth-order valence-electron chi connectivity index (χ4n) is 4.09. The number of hydrogen-bond acceptors (Lipinski definition) is 8. The first-order valence-electron chi connectivity index (χ1n) is 11.1. The molecule has 9 nitrogen and oxygen atoms in total. The minimum atomic E-state index is -1.13. The smallest absolute Gasteiger partial charge is 0.167 e. The van der Waals surface area contributed by atoms with Crippen molar-refractivity contribution in [2.24, 2.45) is 0 Å². The molecule has 3 heterocycles. The summed E-state index contributed by atoms with van der Waals surface area (Å²) in [4.78, 5) is 13.1. The second kappa shape index (κ2) is 10.6. The van der Waals surface area contributed by atoms with Gasteiger partial charge in [0.2, 0.25) is 0 Å². The maximum absolute atomic E-state index is 10.7. The van der Waals surface area contributed by atoms with Gasteiger partial charge >= 0.3 is 0 Å². The molecule has 0 radical (unpaired) electrons. The number of halogens is 2. The molecule has 0 unspecified atom stereocenters. The van der Waals surface area contributed by atoms with Gasteiger partial charge in [0.05, 0.1) is 6.33 Å². The Balaban J connectivity index is 1.27. The molecule has 1 fully saturated rings. The van der Waals surface area contributed by atoms with E-state index in [4.69, 9.17) is 16.3 Å². The van der Waals surface area contributed by atoms with E-state index >= 15 is 0 Å². The van der Waals surface area contributed by atoms with Crippen LogP contribution in [0.5, 0.6) is 0 Å². The van der Waals surface area contributed by atoms with Gasteiger partial charge in [-0.15, -0.1) is 0 Å². The molecular weight excluding hydrogens is 536 g/mol. The first-order valence-corrected chi connectivity index (χ1v) is 12.3. The lowest BCUT2D eigenvalue weighted by molar-refractivity contribution is -0.0342. The van der Waals surface area contributed by atoms with Gasteiger partial charge in [-0.1, -0.05) is 51.8 Å².